The number of sulfone groups is 1. The van der Waals surface area contributed by atoms with Gasteiger partial charge in [-0.2, -0.15) is 20.4 Å². The molecular formula is C9H12N6O3S. The van der Waals surface area contributed by atoms with E-state index in [2.05, 4.69) is 30.9 Å². The van der Waals surface area contributed by atoms with Gasteiger partial charge in [0.1, 0.15) is 0 Å². The Balaban J connectivity index is 1.71. The molecule has 1 atom stereocenters. The fraction of sp³-hybridized carbons (Fsp3) is 0.556. The van der Waals surface area contributed by atoms with Gasteiger partial charge in [0.15, 0.2) is 15.5 Å². The summed E-state index contributed by atoms with van der Waals surface area (Å²) in [6.45, 7) is 0.456. The Morgan fingerprint density at radius 1 is 1.47 bits per heavy atom. The Labute approximate surface area is 108 Å². The minimum absolute atomic E-state index is 0.0919. The fourth-order valence-corrected chi connectivity index (χ4v) is 3.40. The van der Waals surface area contributed by atoms with Crippen LogP contribution in [0.4, 0.5) is 0 Å². The second-order valence-electron chi connectivity index (χ2n) is 4.34. The predicted molar refractivity (Wildman–Crippen MR) is 63.8 cm³/mol. The molecule has 0 aromatic carbocycles. The number of nitrogens with zero attached hydrogens (tertiary/aromatic N) is 4. The van der Waals surface area contributed by atoms with E-state index in [4.69, 9.17) is 4.52 Å². The number of hydrogen-bond acceptors (Lipinski definition) is 8. The molecule has 1 fully saturated rings. The molecular weight excluding hydrogens is 272 g/mol. The summed E-state index contributed by atoms with van der Waals surface area (Å²) in [5.41, 5.74) is 0.485. The van der Waals surface area contributed by atoms with Crippen molar-refractivity contribution < 1.29 is 12.9 Å². The summed E-state index contributed by atoms with van der Waals surface area (Å²) in [5.74, 6) is 0.988. The van der Waals surface area contributed by atoms with E-state index < -0.39 is 9.84 Å². The second-order valence-corrected chi connectivity index (χ2v) is 6.57. The normalized spacial score (nSPS) is 22.4. The van der Waals surface area contributed by atoms with Gasteiger partial charge in [-0.05, 0) is 0 Å². The number of nitrogens with one attached hydrogen (secondary N) is 2. The molecule has 3 rings (SSSR count). The molecule has 0 aliphatic carbocycles. The summed E-state index contributed by atoms with van der Waals surface area (Å²) >= 11 is 0. The molecule has 1 aliphatic heterocycles. The third-order valence-electron chi connectivity index (χ3n) is 2.83. The van der Waals surface area contributed by atoms with Crippen LogP contribution in [0.5, 0.6) is 0 Å². The van der Waals surface area contributed by atoms with Crippen LogP contribution in [0.25, 0.3) is 11.5 Å². The van der Waals surface area contributed by atoms with E-state index in [1.165, 1.54) is 6.20 Å². The zero-order chi connectivity index (χ0) is 13.3. The van der Waals surface area contributed by atoms with E-state index in [0.29, 0.717) is 30.4 Å². The molecule has 0 saturated carbocycles. The first-order valence-electron chi connectivity index (χ1n) is 5.75. The van der Waals surface area contributed by atoms with E-state index in [0.717, 1.165) is 0 Å². The molecule has 0 radical (unpaired) electrons. The van der Waals surface area contributed by atoms with Crippen LogP contribution in [0, 0.1) is 0 Å². The lowest BCUT2D eigenvalue weighted by molar-refractivity contribution is 0.361. The van der Waals surface area contributed by atoms with Crippen molar-refractivity contribution in [3.8, 4) is 11.5 Å². The number of hydrogen-bond donors (Lipinski definition) is 2. The van der Waals surface area contributed by atoms with Gasteiger partial charge in [0, 0.05) is 19.0 Å². The van der Waals surface area contributed by atoms with Crippen LogP contribution in [-0.2, 0) is 16.3 Å². The number of aromatic nitrogens is 5. The Hall–Kier alpha value is -1.81. The minimum atomic E-state index is -2.97. The third-order valence-corrected chi connectivity index (χ3v) is 4.57. The van der Waals surface area contributed by atoms with Crippen LogP contribution in [0.3, 0.4) is 0 Å². The van der Waals surface area contributed by atoms with Crippen molar-refractivity contribution in [1.29, 1.82) is 0 Å². The highest BCUT2D eigenvalue weighted by atomic mass is 32.2. The monoisotopic (exact) mass is 284 g/mol. The van der Waals surface area contributed by atoms with Crippen molar-refractivity contribution in [3.05, 3.63) is 12.1 Å². The largest absolute Gasteiger partial charge is 0.339 e. The first kappa shape index (κ1) is 12.2. The maximum absolute atomic E-state index is 11.5. The SMILES string of the molecule is O=S1(=O)CCNC(Cc2nc(-c3cn[nH]n3)no2)C1. The van der Waals surface area contributed by atoms with Gasteiger partial charge in [-0.3, -0.25) is 0 Å². The van der Waals surface area contributed by atoms with Gasteiger partial charge >= 0.3 is 0 Å². The Bertz CT molecular complexity index is 649. The zero-order valence-corrected chi connectivity index (χ0v) is 10.7. The maximum Gasteiger partial charge on any atom is 0.228 e. The topological polar surface area (TPSA) is 127 Å². The van der Waals surface area contributed by atoms with Gasteiger partial charge in [0.2, 0.25) is 11.7 Å². The van der Waals surface area contributed by atoms with E-state index >= 15 is 0 Å². The molecule has 9 nitrogen and oxygen atoms in total. The first-order chi connectivity index (χ1) is 9.12. The molecule has 2 N–H and O–H groups in total. The summed E-state index contributed by atoms with van der Waals surface area (Å²) in [5, 5.41) is 16.8. The molecule has 2 aromatic heterocycles. The van der Waals surface area contributed by atoms with E-state index in [1.807, 2.05) is 0 Å². The lowest BCUT2D eigenvalue weighted by Crippen LogP contribution is -2.46. The van der Waals surface area contributed by atoms with Crippen LogP contribution in [0.2, 0.25) is 0 Å². The van der Waals surface area contributed by atoms with Crippen LogP contribution in [0.1, 0.15) is 5.89 Å². The van der Waals surface area contributed by atoms with Gasteiger partial charge in [0.05, 0.1) is 17.7 Å². The van der Waals surface area contributed by atoms with Crippen molar-refractivity contribution in [3.63, 3.8) is 0 Å². The molecule has 2 aromatic rings. The summed E-state index contributed by atoms with van der Waals surface area (Å²) < 4.78 is 28.1. The van der Waals surface area contributed by atoms with Gasteiger partial charge < -0.3 is 9.84 Å². The number of rotatable bonds is 3. The summed E-state index contributed by atoms with van der Waals surface area (Å²) in [6, 6.07) is -0.190. The van der Waals surface area contributed by atoms with Gasteiger partial charge in [-0.1, -0.05) is 5.16 Å². The van der Waals surface area contributed by atoms with Crippen molar-refractivity contribution in [1.82, 2.24) is 30.9 Å². The van der Waals surface area contributed by atoms with Crippen molar-refractivity contribution in [2.45, 2.75) is 12.5 Å². The van der Waals surface area contributed by atoms with Crippen LogP contribution >= 0.6 is 0 Å². The zero-order valence-electron chi connectivity index (χ0n) is 9.90. The first-order valence-corrected chi connectivity index (χ1v) is 7.57. The van der Waals surface area contributed by atoms with E-state index in [9.17, 15) is 8.42 Å². The van der Waals surface area contributed by atoms with Crippen molar-refractivity contribution >= 4 is 9.84 Å². The standard InChI is InChI=1S/C9H12N6O3S/c16-19(17)2-1-10-6(5-19)3-8-12-9(14-18-8)7-4-11-15-13-7/h4,6,10H,1-3,5H2,(H,11,13,15). The lowest BCUT2D eigenvalue weighted by Gasteiger charge is -2.21. The predicted octanol–water partition coefficient (Wildman–Crippen LogP) is -1.22. The summed E-state index contributed by atoms with van der Waals surface area (Å²) in [7, 11) is -2.97. The van der Waals surface area contributed by atoms with Crippen LogP contribution < -0.4 is 5.32 Å². The van der Waals surface area contributed by atoms with Gasteiger partial charge in [-0.25, -0.2) is 8.42 Å². The number of aromatic amines is 1. The van der Waals surface area contributed by atoms with Crippen molar-refractivity contribution in [2.75, 3.05) is 18.1 Å². The Kier molecular flexibility index (Phi) is 3.03. The third kappa shape index (κ3) is 2.79. The molecule has 1 saturated heterocycles. The molecule has 0 bridgehead atoms. The second kappa shape index (κ2) is 4.70. The molecule has 3 heterocycles. The number of H-pyrrole nitrogens is 1. The molecule has 1 aliphatic rings. The highest BCUT2D eigenvalue weighted by Crippen LogP contribution is 2.13. The van der Waals surface area contributed by atoms with Gasteiger partial charge in [-0.15, -0.1) is 0 Å². The van der Waals surface area contributed by atoms with E-state index in [-0.39, 0.29) is 17.5 Å². The average Bonchev–Trinajstić information content (AvgIpc) is 2.96. The van der Waals surface area contributed by atoms with Crippen LogP contribution in [-0.4, -0.2) is 58.1 Å². The minimum Gasteiger partial charge on any atom is -0.339 e. The smallest absolute Gasteiger partial charge is 0.228 e. The van der Waals surface area contributed by atoms with E-state index in [1.54, 1.807) is 0 Å². The summed E-state index contributed by atoms with van der Waals surface area (Å²) in [6.07, 6.45) is 1.86. The molecule has 10 heteroatoms. The Morgan fingerprint density at radius 3 is 3.11 bits per heavy atom. The van der Waals surface area contributed by atoms with Gasteiger partial charge in [0.25, 0.3) is 0 Å². The molecule has 0 amide bonds. The van der Waals surface area contributed by atoms with Crippen LogP contribution in [0.15, 0.2) is 10.7 Å². The molecule has 1 unspecified atom stereocenters. The molecule has 102 valence electrons. The highest BCUT2D eigenvalue weighted by Gasteiger charge is 2.26. The molecule has 0 spiro atoms. The molecule has 19 heavy (non-hydrogen) atoms. The Morgan fingerprint density at radius 2 is 2.37 bits per heavy atom. The highest BCUT2D eigenvalue weighted by molar-refractivity contribution is 7.91. The van der Waals surface area contributed by atoms with Crippen molar-refractivity contribution in [2.24, 2.45) is 0 Å². The summed E-state index contributed by atoms with van der Waals surface area (Å²) in [4.78, 5) is 4.16. The fourth-order valence-electron chi connectivity index (χ4n) is 1.96. The maximum atomic E-state index is 11.5. The average molecular weight is 284 g/mol. The lowest BCUT2D eigenvalue weighted by atomic mass is 10.2. The quantitative estimate of drug-likeness (QED) is 0.718.